The lowest BCUT2D eigenvalue weighted by Gasteiger charge is -2.11. The van der Waals surface area contributed by atoms with Gasteiger partial charge in [-0.05, 0) is 61.1 Å². The minimum Gasteiger partial charge on any atom is -0.493 e. The van der Waals surface area contributed by atoms with Crippen molar-refractivity contribution in [2.45, 2.75) is 27.5 Å². The van der Waals surface area contributed by atoms with Crippen LogP contribution >= 0.6 is 22.6 Å². The zero-order valence-corrected chi connectivity index (χ0v) is 16.7. The van der Waals surface area contributed by atoms with Crippen LogP contribution in [0.3, 0.4) is 0 Å². The highest BCUT2D eigenvalue weighted by molar-refractivity contribution is 14.1. The van der Waals surface area contributed by atoms with Crippen LogP contribution in [0.25, 0.3) is 22.4 Å². The van der Waals surface area contributed by atoms with Crippen molar-refractivity contribution < 1.29 is 13.9 Å². The van der Waals surface area contributed by atoms with E-state index in [2.05, 4.69) is 9.97 Å². The number of aromatic nitrogens is 3. The van der Waals surface area contributed by atoms with Crippen LogP contribution in [0.2, 0.25) is 0 Å². The minimum atomic E-state index is -0.451. The van der Waals surface area contributed by atoms with E-state index in [0.717, 1.165) is 22.3 Å². The molecule has 0 saturated heterocycles. The number of fused-ring (bicyclic) bond motifs is 1. The first-order chi connectivity index (χ1) is 12.0. The number of hydrogen-bond donors (Lipinski definition) is 0. The van der Waals surface area contributed by atoms with E-state index >= 15 is 0 Å². The second kappa shape index (κ2) is 7.25. The molecule has 0 bridgehead atoms. The van der Waals surface area contributed by atoms with Crippen LogP contribution in [0.4, 0.5) is 4.39 Å². The van der Waals surface area contributed by atoms with Crippen LogP contribution < -0.4 is 4.74 Å². The average molecular weight is 455 g/mol. The maximum Gasteiger partial charge on any atom is 0.177 e. The van der Waals surface area contributed by atoms with Gasteiger partial charge in [0.25, 0.3) is 0 Å². The van der Waals surface area contributed by atoms with Crippen molar-refractivity contribution in [3.8, 4) is 17.1 Å². The summed E-state index contributed by atoms with van der Waals surface area (Å²) in [6, 6.07) is 3.48. The van der Waals surface area contributed by atoms with Gasteiger partial charge in [-0.15, -0.1) is 0 Å². The lowest BCUT2D eigenvalue weighted by atomic mass is 10.1. The molecule has 3 aromatic rings. The van der Waals surface area contributed by atoms with E-state index in [9.17, 15) is 4.39 Å². The molecule has 0 radical (unpaired) electrons. The fourth-order valence-corrected chi connectivity index (χ4v) is 3.52. The van der Waals surface area contributed by atoms with Gasteiger partial charge in [0.15, 0.2) is 17.4 Å². The smallest absolute Gasteiger partial charge is 0.177 e. The summed E-state index contributed by atoms with van der Waals surface area (Å²) in [6.07, 6.45) is 1.98. The van der Waals surface area contributed by atoms with Gasteiger partial charge in [-0.3, -0.25) is 0 Å². The Kier molecular flexibility index (Phi) is 5.24. The Balaban J connectivity index is 2.21. The molecule has 0 saturated carbocycles. The number of aryl methyl sites for hydroxylation is 2. The number of methoxy groups -OCH3 is 1. The van der Waals surface area contributed by atoms with Crippen LogP contribution in [0, 0.1) is 23.2 Å². The summed E-state index contributed by atoms with van der Waals surface area (Å²) in [5, 5.41) is 0.973. The molecule has 0 fully saturated rings. The van der Waals surface area contributed by atoms with Crippen molar-refractivity contribution in [2.24, 2.45) is 0 Å². The molecule has 0 unspecified atom stereocenters. The quantitative estimate of drug-likeness (QED) is 0.534. The van der Waals surface area contributed by atoms with E-state index in [-0.39, 0.29) is 5.75 Å². The molecule has 7 heteroatoms. The molecule has 0 amide bonds. The van der Waals surface area contributed by atoms with E-state index in [4.69, 9.17) is 9.47 Å². The third-order valence-electron chi connectivity index (χ3n) is 4.02. The summed E-state index contributed by atoms with van der Waals surface area (Å²) in [4.78, 5) is 9.15. The highest BCUT2D eigenvalue weighted by atomic mass is 127. The van der Waals surface area contributed by atoms with Gasteiger partial charge >= 0.3 is 0 Å². The Labute approximate surface area is 159 Å². The Hall–Kier alpha value is -1.74. The summed E-state index contributed by atoms with van der Waals surface area (Å²) in [5.41, 5.74) is 2.94. The number of benzene rings is 1. The Morgan fingerprint density at radius 1 is 1.24 bits per heavy atom. The second-order valence-electron chi connectivity index (χ2n) is 5.68. The average Bonchev–Trinajstić information content (AvgIpc) is 2.89. The number of nitrogens with zero attached hydrogens (tertiary/aromatic N) is 3. The predicted octanol–water partition coefficient (Wildman–Crippen LogP) is 4.46. The lowest BCUT2D eigenvalue weighted by molar-refractivity contribution is 0.0905. The van der Waals surface area contributed by atoms with Crippen molar-refractivity contribution in [1.29, 1.82) is 0 Å². The van der Waals surface area contributed by atoms with Gasteiger partial charge in [-0.1, -0.05) is 0 Å². The van der Waals surface area contributed by atoms with Crippen molar-refractivity contribution >= 4 is 33.6 Å². The van der Waals surface area contributed by atoms with E-state index in [1.54, 1.807) is 12.1 Å². The Morgan fingerprint density at radius 3 is 2.68 bits per heavy atom. The molecule has 2 aromatic heterocycles. The molecule has 25 heavy (non-hydrogen) atoms. The van der Waals surface area contributed by atoms with Gasteiger partial charge in [0.2, 0.25) is 0 Å². The maximum absolute atomic E-state index is 14.8. The molecule has 1 aromatic carbocycles. The van der Waals surface area contributed by atoms with Crippen molar-refractivity contribution in [3.63, 3.8) is 0 Å². The third kappa shape index (κ3) is 3.22. The zero-order chi connectivity index (χ0) is 18.1. The molecule has 0 aliphatic heterocycles. The second-order valence-corrected chi connectivity index (χ2v) is 6.84. The molecule has 0 aliphatic rings. The maximum atomic E-state index is 14.8. The Morgan fingerprint density at radius 2 is 2.00 bits per heavy atom. The van der Waals surface area contributed by atoms with Crippen LogP contribution in [-0.4, -0.2) is 28.3 Å². The highest BCUT2D eigenvalue weighted by Gasteiger charge is 2.19. The molecule has 3 rings (SSSR count). The predicted molar refractivity (Wildman–Crippen MR) is 103 cm³/mol. The SMILES string of the molecule is CCOCn1cc(C)c2c(C)nc(-c3ccc(I)c(OC)c3F)nc21. The Bertz CT molecular complexity index is 940. The zero-order valence-electron chi connectivity index (χ0n) is 14.6. The number of halogens is 2. The number of ether oxygens (including phenoxy) is 2. The number of hydrogen-bond acceptors (Lipinski definition) is 4. The fraction of sp³-hybridized carbons (Fsp3) is 0.333. The monoisotopic (exact) mass is 455 g/mol. The van der Waals surface area contributed by atoms with Crippen LogP contribution in [-0.2, 0) is 11.5 Å². The van der Waals surface area contributed by atoms with Gasteiger partial charge in [0.1, 0.15) is 12.4 Å². The van der Waals surface area contributed by atoms with Crippen molar-refractivity contribution in [2.75, 3.05) is 13.7 Å². The summed E-state index contributed by atoms with van der Waals surface area (Å²) in [7, 11) is 1.45. The first-order valence-corrected chi connectivity index (χ1v) is 9.00. The molecule has 0 N–H and O–H groups in total. The minimum absolute atomic E-state index is 0.209. The van der Waals surface area contributed by atoms with Crippen LogP contribution in [0.15, 0.2) is 18.3 Å². The van der Waals surface area contributed by atoms with E-state index in [1.807, 2.05) is 54.1 Å². The molecular formula is C18H19FIN3O2. The molecular weight excluding hydrogens is 436 g/mol. The highest BCUT2D eigenvalue weighted by Crippen LogP contribution is 2.33. The van der Waals surface area contributed by atoms with Crippen molar-refractivity contribution in [1.82, 2.24) is 14.5 Å². The van der Waals surface area contributed by atoms with Crippen LogP contribution in [0.1, 0.15) is 18.2 Å². The molecule has 0 spiro atoms. The normalized spacial score (nSPS) is 11.3. The van der Waals surface area contributed by atoms with Gasteiger partial charge in [0, 0.05) is 18.2 Å². The van der Waals surface area contributed by atoms with Gasteiger partial charge in [0.05, 0.1) is 21.9 Å². The molecule has 132 valence electrons. The standard InChI is InChI=1S/C18H19FIN3O2/c1-5-25-9-23-8-10(2)14-11(3)21-17(22-18(14)23)12-6-7-13(20)16(24-4)15(12)19/h6-8H,5,9H2,1-4H3. The molecule has 0 aliphatic carbocycles. The largest absolute Gasteiger partial charge is 0.493 e. The van der Waals surface area contributed by atoms with Crippen molar-refractivity contribution in [3.05, 3.63) is 39.0 Å². The summed E-state index contributed by atoms with van der Waals surface area (Å²) < 4.78 is 28.1. The fourth-order valence-electron chi connectivity index (χ4n) is 2.89. The third-order valence-corrected chi connectivity index (χ3v) is 4.86. The first-order valence-electron chi connectivity index (χ1n) is 7.92. The summed E-state index contributed by atoms with van der Waals surface area (Å²) in [5.74, 6) is 0.0983. The van der Waals surface area contributed by atoms with Crippen LogP contribution in [0.5, 0.6) is 5.75 Å². The molecule has 2 heterocycles. The van der Waals surface area contributed by atoms with Gasteiger partial charge < -0.3 is 14.0 Å². The topological polar surface area (TPSA) is 49.2 Å². The van der Waals surface area contributed by atoms with Gasteiger partial charge in [-0.2, -0.15) is 0 Å². The van der Waals surface area contributed by atoms with Gasteiger partial charge in [-0.25, -0.2) is 14.4 Å². The molecule has 5 nitrogen and oxygen atoms in total. The first kappa shape index (κ1) is 18.1. The molecule has 0 atom stereocenters. The number of rotatable bonds is 5. The van der Waals surface area contributed by atoms with E-state index in [0.29, 0.717) is 28.3 Å². The summed E-state index contributed by atoms with van der Waals surface area (Å²) >= 11 is 2.04. The summed E-state index contributed by atoms with van der Waals surface area (Å²) in [6.45, 7) is 6.87. The lowest BCUT2D eigenvalue weighted by Crippen LogP contribution is -2.04. The van der Waals surface area contributed by atoms with E-state index < -0.39 is 5.82 Å². The van der Waals surface area contributed by atoms with E-state index in [1.165, 1.54) is 7.11 Å².